The van der Waals surface area contributed by atoms with Gasteiger partial charge in [0, 0.05) is 0 Å². The van der Waals surface area contributed by atoms with Gasteiger partial charge < -0.3 is 0 Å². The number of hydrogen-bond acceptors (Lipinski definition) is 3. The van der Waals surface area contributed by atoms with Crippen LogP contribution >= 0.6 is 0 Å². The van der Waals surface area contributed by atoms with Gasteiger partial charge in [-0.3, -0.25) is 0 Å². The zero-order chi connectivity index (χ0) is 11.5. The molecule has 82 valence electrons. The summed E-state index contributed by atoms with van der Waals surface area (Å²) in [4.78, 5) is 0. The van der Waals surface area contributed by atoms with Crippen LogP contribution in [0.4, 0.5) is 4.39 Å². The van der Waals surface area contributed by atoms with Crippen LogP contribution < -0.4 is 0 Å². The van der Waals surface area contributed by atoms with Gasteiger partial charge in [-0.05, 0) is 31.5 Å². The lowest BCUT2D eigenvalue weighted by molar-refractivity contribution is 0.628. The first-order chi connectivity index (χ1) is 7.66. The van der Waals surface area contributed by atoms with Gasteiger partial charge in [-0.25, -0.2) is 9.07 Å². The number of rotatable bonds is 2. The highest BCUT2D eigenvalue weighted by molar-refractivity contribution is 5.79. The average Bonchev–Trinajstić information content (AvgIpc) is 2.59. The largest absolute Gasteiger partial charge is 0.207 e. The van der Waals surface area contributed by atoms with Gasteiger partial charge in [0.05, 0.1) is 6.21 Å². The van der Waals surface area contributed by atoms with Crippen molar-refractivity contribution in [1.29, 1.82) is 0 Å². The molecule has 1 aromatic carbocycles. The lowest BCUT2D eigenvalue weighted by Crippen LogP contribution is -1.96. The molecule has 0 spiro atoms. The molecule has 16 heavy (non-hydrogen) atoms. The Balaban J connectivity index is 2.24. The van der Waals surface area contributed by atoms with E-state index in [2.05, 4.69) is 15.3 Å². The molecule has 1 aromatic heterocycles. The van der Waals surface area contributed by atoms with Gasteiger partial charge in [-0.15, -0.1) is 10.2 Å². The van der Waals surface area contributed by atoms with Crippen LogP contribution in [0.3, 0.4) is 0 Å². The maximum absolute atomic E-state index is 12.7. The van der Waals surface area contributed by atoms with Crippen molar-refractivity contribution >= 4 is 6.21 Å². The molecule has 0 bridgehead atoms. The Kier molecular flexibility index (Phi) is 2.76. The van der Waals surface area contributed by atoms with Gasteiger partial charge in [-0.2, -0.15) is 5.10 Å². The maximum Gasteiger partial charge on any atom is 0.151 e. The van der Waals surface area contributed by atoms with E-state index in [4.69, 9.17) is 0 Å². The van der Waals surface area contributed by atoms with E-state index in [9.17, 15) is 4.39 Å². The number of benzene rings is 1. The molecule has 0 saturated carbocycles. The summed E-state index contributed by atoms with van der Waals surface area (Å²) < 4.78 is 14.3. The normalized spacial score (nSPS) is 11.2. The van der Waals surface area contributed by atoms with E-state index in [1.807, 2.05) is 13.8 Å². The summed E-state index contributed by atoms with van der Waals surface area (Å²) >= 11 is 0. The zero-order valence-electron chi connectivity index (χ0n) is 9.05. The molecular weight excluding hydrogens is 207 g/mol. The second-order valence-corrected chi connectivity index (χ2v) is 3.40. The lowest BCUT2D eigenvalue weighted by atomic mass is 10.2. The molecule has 2 aromatic rings. The van der Waals surface area contributed by atoms with E-state index >= 15 is 0 Å². The van der Waals surface area contributed by atoms with Gasteiger partial charge in [0.1, 0.15) is 5.82 Å². The Morgan fingerprint density at radius 3 is 2.25 bits per heavy atom. The van der Waals surface area contributed by atoms with Gasteiger partial charge >= 0.3 is 0 Å². The molecule has 0 aliphatic heterocycles. The summed E-state index contributed by atoms with van der Waals surface area (Å²) in [5.74, 6) is 1.18. The van der Waals surface area contributed by atoms with Crippen molar-refractivity contribution in [2.24, 2.45) is 5.10 Å². The minimum absolute atomic E-state index is 0.256. The number of halogens is 1. The third kappa shape index (κ3) is 2.13. The molecule has 0 aliphatic carbocycles. The second kappa shape index (κ2) is 4.22. The Labute approximate surface area is 92.4 Å². The van der Waals surface area contributed by atoms with Gasteiger partial charge in [0.25, 0.3) is 0 Å². The zero-order valence-corrected chi connectivity index (χ0v) is 9.05. The van der Waals surface area contributed by atoms with E-state index < -0.39 is 0 Å². The Bertz CT molecular complexity index is 494. The number of hydrogen-bond donors (Lipinski definition) is 0. The van der Waals surface area contributed by atoms with Gasteiger partial charge in [0.15, 0.2) is 11.6 Å². The first kappa shape index (κ1) is 10.5. The molecule has 5 heteroatoms. The van der Waals surface area contributed by atoms with Crippen LogP contribution in [-0.4, -0.2) is 21.1 Å². The van der Waals surface area contributed by atoms with Crippen molar-refractivity contribution < 1.29 is 4.39 Å². The highest BCUT2D eigenvalue weighted by atomic mass is 19.1. The Hall–Kier alpha value is -2.04. The summed E-state index contributed by atoms with van der Waals surface area (Å²) in [6.45, 7) is 3.64. The molecule has 1 heterocycles. The van der Waals surface area contributed by atoms with E-state index in [0.29, 0.717) is 0 Å². The van der Waals surface area contributed by atoms with Crippen LogP contribution in [0.15, 0.2) is 29.4 Å². The van der Waals surface area contributed by atoms with Crippen molar-refractivity contribution in [2.45, 2.75) is 13.8 Å². The predicted octanol–water partition coefficient (Wildman–Crippen LogP) is 1.92. The Morgan fingerprint density at radius 1 is 1.12 bits per heavy atom. The van der Waals surface area contributed by atoms with Gasteiger partial charge in [0.2, 0.25) is 0 Å². The summed E-state index contributed by atoms with van der Waals surface area (Å²) in [6.07, 6.45) is 1.64. The fraction of sp³-hybridized carbons (Fsp3) is 0.182. The van der Waals surface area contributed by atoms with Crippen molar-refractivity contribution in [1.82, 2.24) is 14.9 Å². The molecule has 0 N–H and O–H groups in total. The molecule has 0 fully saturated rings. The van der Waals surface area contributed by atoms with Crippen molar-refractivity contribution in [3.05, 3.63) is 47.3 Å². The smallest absolute Gasteiger partial charge is 0.151 e. The van der Waals surface area contributed by atoms with Crippen LogP contribution in [0, 0.1) is 19.7 Å². The molecule has 0 amide bonds. The first-order valence-electron chi connectivity index (χ1n) is 4.85. The summed E-state index contributed by atoms with van der Waals surface area (Å²) in [6, 6.07) is 6.11. The van der Waals surface area contributed by atoms with E-state index in [1.54, 1.807) is 23.0 Å². The molecule has 0 radical (unpaired) electrons. The molecule has 0 atom stereocenters. The quantitative estimate of drug-likeness (QED) is 0.723. The van der Waals surface area contributed by atoms with Crippen LogP contribution in [0.25, 0.3) is 0 Å². The third-order valence-electron chi connectivity index (χ3n) is 2.14. The minimum Gasteiger partial charge on any atom is -0.207 e. The minimum atomic E-state index is -0.256. The number of nitrogens with zero attached hydrogens (tertiary/aromatic N) is 4. The van der Waals surface area contributed by atoms with Gasteiger partial charge in [-0.1, -0.05) is 12.1 Å². The molecule has 2 rings (SSSR count). The predicted molar refractivity (Wildman–Crippen MR) is 58.9 cm³/mol. The second-order valence-electron chi connectivity index (χ2n) is 3.40. The van der Waals surface area contributed by atoms with Crippen molar-refractivity contribution in [3.63, 3.8) is 0 Å². The van der Waals surface area contributed by atoms with Crippen LogP contribution in [0.2, 0.25) is 0 Å². The monoisotopic (exact) mass is 218 g/mol. The van der Waals surface area contributed by atoms with Crippen LogP contribution in [0.1, 0.15) is 17.2 Å². The molecule has 0 unspecified atom stereocenters. The highest BCUT2D eigenvalue weighted by Crippen LogP contribution is 2.02. The lowest BCUT2D eigenvalue weighted by Gasteiger charge is -1.97. The van der Waals surface area contributed by atoms with E-state index in [-0.39, 0.29) is 5.82 Å². The molecular formula is C11H11FN4. The average molecular weight is 218 g/mol. The first-order valence-corrected chi connectivity index (χ1v) is 4.85. The fourth-order valence-corrected chi connectivity index (χ4v) is 1.30. The molecule has 4 nitrogen and oxygen atoms in total. The Morgan fingerprint density at radius 2 is 1.69 bits per heavy atom. The number of aromatic nitrogens is 3. The van der Waals surface area contributed by atoms with Crippen LogP contribution in [-0.2, 0) is 0 Å². The van der Waals surface area contributed by atoms with E-state index in [1.165, 1.54) is 12.1 Å². The summed E-state index contributed by atoms with van der Waals surface area (Å²) in [7, 11) is 0. The highest BCUT2D eigenvalue weighted by Gasteiger charge is 2.00. The van der Waals surface area contributed by atoms with E-state index in [0.717, 1.165) is 17.2 Å². The summed E-state index contributed by atoms with van der Waals surface area (Å²) in [5.41, 5.74) is 0.828. The molecule has 0 saturated heterocycles. The number of aryl methyl sites for hydroxylation is 2. The SMILES string of the molecule is Cc1nnc(C)n1N=Cc1ccc(F)cc1. The topological polar surface area (TPSA) is 43.1 Å². The summed E-state index contributed by atoms with van der Waals surface area (Å²) in [5, 5.41) is 12.0. The third-order valence-corrected chi connectivity index (χ3v) is 2.14. The van der Waals surface area contributed by atoms with Crippen molar-refractivity contribution in [2.75, 3.05) is 0 Å². The van der Waals surface area contributed by atoms with Crippen LogP contribution in [0.5, 0.6) is 0 Å². The molecule has 0 aliphatic rings. The van der Waals surface area contributed by atoms with Crippen molar-refractivity contribution in [3.8, 4) is 0 Å². The standard InChI is InChI=1S/C11H11FN4/c1-8-14-15-9(2)16(8)13-7-10-3-5-11(12)6-4-10/h3-7H,1-2H3. The fourth-order valence-electron chi connectivity index (χ4n) is 1.30. The maximum atomic E-state index is 12.7.